The number of carbonyl (C=O) groups excluding carboxylic acids is 1. The topological polar surface area (TPSA) is 46.9 Å². The van der Waals surface area contributed by atoms with E-state index in [1.165, 1.54) is 18.2 Å². The molecule has 0 aliphatic heterocycles. The number of halogens is 1. The highest BCUT2D eigenvalue weighted by Gasteiger charge is 2.11. The third kappa shape index (κ3) is 4.14. The Morgan fingerprint density at radius 1 is 1.07 bits per heavy atom. The Kier molecular flexibility index (Phi) is 5.21. The summed E-state index contributed by atoms with van der Waals surface area (Å²) in [5.41, 5.74) is 6.30. The third-order valence-corrected chi connectivity index (χ3v) is 4.46. The number of rotatable bonds is 4. The SMILES string of the molecule is Cc1ccc(NC(=O)/C=C/c2c(C)nn(-c3ccc(F)cc3)c2C)c(C)c1. The molecule has 1 aromatic heterocycles. The van der Waals surface area contributed by atoms with Crippen LogP contribution in [0.2, 0.25) is 0 Å². The van der Waals surface area contributed by atoms with Gasteiger partial charge in [-0.1, -0.05) is 17.7 Å². The molecule has 0 saturated carbocycles. The third-order valence-electron chi connectivity index (χ3n) is 4.46. The summed E-state index contributed by atoms with van der Waals surface area (Å²) in [6, 6.07) is 12.1. The molecule has 2 aromatic carbocycles. The quantitative estimate of drug-likeness (QED) is 0.671. The summed E-state index contributed by atoms with van der Waals surface area (Å²) in [5, 5.41) is 7.40. The number of anilines is 1. The number of amides is 1. The molecule has 0 radical (unpaired) electrons. The first-order chi connectivity index (χ1) is 12.8. The second-order valence-corrected chi connectivity index (χ2v) is 6.61. The van der Waals surface area contributed by atoms with E-state index in [4.69, 9.17) is 0 Å². The van der Waals surface area contributed by atoms with Crippen molar-refractivity contribution in [1.29, 1.82) is 0 Å². The average Bonchev–Trinajstić information content (AvgIpc) is 2.90. The van der Waals surface area contributed by atoms with Crippen LogP contribution in [0.1, 0.15) is 28.1 Å². The zero-order valence-corrected chi connectivity index (χ0v) is 15.9. The Bertz CT molecular complexity index is 1020. The van der Waals surface area contributed by atoms with Crippen LogP contribution in [0.4, 0.5) is 10.1 Å². The van der Waals surface area contributed by atoms with E-state index in [9.17, 15) is 9.18 Å². The predicted octanol–water partition coefficient (Wildman–Crippen LogP) is 4.90. The van der Waals surface area contributed by atoms with Crippen molar-refractivity contribution in [2.45, 2.75) is 27.7 Å². The van der Waals surface area contributed by atoms with Gasteiger partial charge in [0.15, 0.2) is 0 Å². The van der Waals surface area contributed by atoms with Crippen molar-refractivity contribution in [2.24, 2.45) is 0 Å². The fourth-order valence-electron chi connectivity index (χ4n) is 3.02. The molecule has 0 fully saturated rings. The predicted molar refractivity (Wildman–Crippen MR) is 107 cm³/mol. The van der Waals surface area contributed by atoms with Gasteiger partial charge in [-0.3, -0.25) is 4.79 Å². The molecule has 5 heteroatoms. The van der Waals surface area contributed by atoms with Crippen molar-refractivity contribution in [3.63, 3.8) is 0 Å². The summed E-state index contributed by atoms with van der Waals surface area (Å²) in [7, 11) is 0. The highest BCUT2D eigenvalue weighted by molar-refractivity contribution is 6.02. The molecular weight excluding hydrogens is 341 g/mol. The minimum Gasteiger partial charge on any atom is -0.322 e. The Labute approximate surface area is 158 Å². The first kappa shape index (κ1) is 18.6. The zero-order valence-electron chi connectivity index (χ0n) is 15.9. The Morgan fingerprint density at radius 3 is 2.44 bits per heavy atom. The van der Waals surface area contributed by atoms with E-state index >= 15 is 0 Å². The maximum Gasteiger partial charge on any atom is 0.248 e. The van der Waals surface area contributed by atoms with E-state index in [2.05, 4.69) is 10.4 Å². The van der Waals surface area contributed by atoms with E-state index in [1.54, 1.807) is 22.9 Å². The van der Waals surface area contributed by atoms with Crippen LogP contribution in [-0.4, -0.2) is 15.7 Å². The van der Waals surface area contributed by atoms with Crippen LogP contribution in [0, 0.1) is 33.5 Å². The number of aryl methyl sites for hydroxylation is 3. The molecule has 0 saturated heterocycles. The van der Waals surface area contributed by atoms with Gasteiger partial charge in [-0.25, -0.2) is 9.07 Å². The van der Waals surface area contributed by atoms with E-state index in [-0.39, 0.29) is 11.7 Å². The molecule has 0 spiro atoms. The van der Waals surface area contributed by atoms with Crippen molar-refractivity contribution in [3.05, 3.63) is 82.4 Å². The van der Waals surface area contributed by atoms with Gasteiger partial charge in [0.2, 0.25) is 5.91 Å². The number of carbonyl (C=O) groups is 1. The smallest absolute Gasteiger partial charge is 0.248 e. The van der Waals surface area contributed by atoms with Crippen LogP contribution in [0.5, 0.6) is 0 Å². The van der Waals surface area contributed by atoms with Gasteiger partial charge in [-0.15, -0.1) is 0 Å². The summed E-state index contributed by atoms with van der Waals surface area (Å²) < 4.78 is 14.9. The van der Waals surface area contributed by atoms with Crippen molar-refractivity contribution in [3.8, 4) is 5.69 Å². The van der Waals surface area contributed by atoms with E-state index < -0.39 is 0 Å². The largest absolute Gasteiger partial charge is 0.322 e. The maximum atomic E-state index is 13.1. The number of nitrogens with zero attached hydrogens (tertiary/aromatic N) is 2. The molecular formula is C22H22FN3O. The number of nitrogens with one attached hydrogen (secondary N) is 1. The first-order valence-corrected chi connectivity index (χ1v) is 8.73. The zero-order chi connectivity index (χ0) is 19.6. The molecule has 27 heavy (non-hydrogen) atoms. The lowest BCUT2D eigenvalue weighted by Gasteiger charge is -2.07. The summed E-state index contributed by atoms with van der Waals surface area (Å²) in [5.74, 6) is -0.487. The fraction of sp³-hybridized carbons (Fsp3) is 0.182. The van der Waals surface area contributed by atoms with E-state index in [0.29, 0.717) is 0 Å². The number of hydrogen-bond donors (Lipinski definition) is 1. The van der Waals surface area contributed by atoms with Gasteiger partial charge in [0.05, 0.1) is 11.4 Å². The van der Waals surface area contributed by atoms with Crippen LogP contribution in [-0.2, 0) is 4.79 Å². The van der Waals surface area contributed by atoms with Gasteiger partial charge in [0.1, 0.15) is 5.82 Å². The Hall–Kier alpha value is -3.21. The fourth-order valence-corrected chi connectivity index (χ4v) is 3.02. The van der Waals surface area contributed by atoms with Crippen molar-refractivity contribution < 1.29 is 9.18 Å². The molecule has 4 nitrogen and oxygen atoms in total. The molecule has 3 aromatic rings. The van der Waals surface area contributed by atoms with Crippen LogP contribution in [0.25, 0.3) is 11.8 Å². The first-order valence-electron chi connectivity index (χ1n) is 8.73. The summed E-state index contributed by atoms with van der Waals surface area (Å²) in [6.07, 6.45) is 3.27. The maximum absolute atomic E-state index is 13.1. The molecule has 1 amide bonds. The summed E-state index contributed by atoms with van der Waals surface area (Å²) >= 11 is 0. The standard InChI is InChI=1S/C22H22FN3O/c1-14-5-11-21(15(2)13-14)24-22(27)12-10-20-16(3)25-26(17(20)4)19-8-6-18(23)7-9-19/h5-13H,1-4H3,(H,24,27)/b12-10+. The number of hydrogen-bond acceptors (Lipinski definition) is 2. The summed E-state index contributed by atoms with van der Waals surface area (Å²) in [6.45, 7) is 7.79. The molecule has 1 N–H and O–H groups in total. The molecule has 0 aliphatic rings. The van der Waals surface area contributed by atoms with Crippen LogP contribution >= 0.6 is 0 Å². The van der Waals surface area contributed by atoms with Crippen molar-refractivity contribution in [2.75, 3.05) is 5.32 Å². The normalized spacial score (nSPS) is 11.1. The lowest BCUT2D eigenvalue weighted by atomic mass is 10.1. The molecule has 0 atom stereocenters. The van der Waals surface area contributed by atoms with Gasteiger partial charge < -0.3 is 5.32 Å². The van der Waals surface area contributed by atoms with Crippen LogP contribution in [0.15, 0.2) is 48.5 Å². The van der Waals surface area contributed by atoms with Gasteiger partial charge in [0, 0.05) is 23.0 Å². The molecule has 1 heterocycles. The molecule has 0 bridgehead atoms. The minimum absolute atomic E-state index is 0.199. The van der Waals surface area contributed by atoms with E-state index in [0.717, 1.165) is 39.5 Å². The van der Waals surface area contributed by atoms with Gasteiger partial charge in [-0.2, -0.15) is 5.10 Å². The van der Waals surface area contributed by atoms with Crippen LogP contribution < -0.4 is 5.32 Å². The molecule has 0 unspecified atom stereocenters. The minimum atomic E-state index is -0.288. The lowest BCUT2D eigenvalue weighted by molar-refractivity contribution is -0.111. The molecule has 3 rings (SSSR count). The number of benzene rings is 2. The van der Waals surface area contributed by atoms with Gasteiger partial charge in [0.25, 0.3) is 0 Å². The Morgan fingerprint density at radius 2 is 1.78 bits per heavy atom. The second-order valence-electron chi connectivity index (χ2n) is 6.61. The lowest BCUT2D eigenvalue weighted by Crippen LogP contribution is -2.09. The highest BCUT2D eigenvalue weighted by atomic mass is 19.1. The van der Waals surface area contributed by atoms with E-state index in [1.807, 2.05) is 45.9 Å². The second kappa shape index (κ2) is 7.58. The van der Waals surface area contributed by atoms with Crippen LogP contribution in [0.3, 0.4) is 0 Å². The highest BCUT2D eigenvalue weighted by Crippen LogP contribution is 2.20. The molecule has 0 aliphatic carbocycles. The average molecular weight is 363 g/mol. The van der Waals surface area contributed by atoms with Crippen molar-refractivity contribution in [1.82, 2.24) is 9.78 Å². The monoisotopic (exact) mass is 363 g/mol. The Balaban J connectivity index is 1.80. The van der Waals surface area contributed by atoms with Gasteiger partial charge >= 0.3 is 0 Å². The van der Waals surface area contributed by atoms with Gasteiger partial charge in [-0.05, 0) is 69.7 Å². The van der Waals surface area contributed by atoms with Crippen molar-refractivity contribution >= 4 is 17.7 Å². The molecule has 138 valence electrons. The number of aromatic nitrogens is 2. The summed E-state index contributed by atoms with van der Waals surface area (Å²) in [4.78, 5) is 12.3.